The lowest BCUT2D eigenvalue weighted by molar-refractivity contribution is -0.121. The van der Waals surface area contributed by atoms with Gasteiger partial charge < -0.3 is 9.52 Å². The number of aromatic carboxylic acids is 1. The molecule has 31 heavy (non-hydrogen) atoms. The van der Waals surface area contributed by atoms with Crippen molar-refractivity contribution >= 4 is 40.6 Å². The van der Waals surface area contributed by atoms with Crippen molar-refractivity contribution in [1.82, 2.24) is 4.90 Å². The van der Waals surface area contributed by atoms with Crippen LogP contribution in [0.5, 0.6) is 0 Å². The first-order valence-corrected chi connectivity index (χ1v) is 10.6. The largest absolute Gasteiger partial charge is 0.478 e. The molecule has 0 saturated carbocycles. The Morgan fingerprint density at radius 2 is 1.87 bits per heavy atom. The zero-order valence-electron chi connectivity index (χ0n) is 17.0. The zero-order chi connectivity index (χ0) is 22.0. The molecule has 0 bridgehead atoms. The molecule has 6 nitrogen and oxygen atoms in total. The fourth-order valence-electron chi connectivity index (χ4n) is 3.26. The van der Waals surface area contributed by atoms with Crippen molar-refractivity contribution in [1.29, 1.82) is 0 Å². The summed E-state index contributed by atoms with van der Waals surface area (Å²) in [5.74, 6) is -0.293. The molecule has 156 valence electrons. The van der Waals surface area contributed by atoms with E-state index < -0.39 is 5.97 Å². The Kier molecular flexibility index (Phi) is 5.77. The number of nitrogens with zero attached hydrogens (tertiary/aromatic N) is 2. The van der Waals surface area contributed by atoms with Gasteiger partial charge in [0.1, 0.15) is 11.5 Å². The summed E-state index contributed by atoms with van der Waals surface area (Å²) in [4.78, 5) is 30.9. The predicted molar refractivity (Wildman–Crippen MR) is 122 cm³/mol. The lowest BCUT2D eigenvalue weighted by Crippen LogP contribution is -2.23. The molecule has 0 unspecified atom stereocenters. The molecule has 0 aliphatic carbocycles. The van der Waals surface area contributed by atoms with Crippen molar-refractivity contribution in [3.63, 3.8) is 0 Å². The average Bonchev–Trinajstić information content (AvgIpc) is 3.35. The van der Waals surface area contributed by atoms with Crippen LogP contribution in [0.2, 0.25) is 0 Å². The molecule has 0 radical (unpaired) electrons. The van der Waals surface area contributed by atoms with E-state index in [0.717, 1.165) is 17.7 Å². The topological polar surface area (TPSA) is 83.1 Å². The fourth-order valence-corrected chi connectivity index (χ4v) is 4.22. The average molecular weight is 433 g/mol. The maximum atomic E-state index is 12.7. The van der Waals surface area contributed by atoms with Gasteiger partial charge in [-0.1, -0.05) is 43.3 Å². The van der Waals surface area contributed by atoms with Gasteiger partial charge in [0.2, 0.25) is 0 Å². The zero-order valence-corrected chi connectivity index (χ0v) is 17.8. The van der Waals surface area contributed by atoms with Crippen LogP contribution in [0.4, 0.5) is 5.69 Å². The van der Waals surface area contributed by atoms with Crippen LogP contribution in [-0.2, 0) is 11.2 Å². The highest BCUT2D eigenvalue weighted by atomic mass is 32.2. The number of amidine groups is 1. The van der Waals surface area contributed by atoms with E-state index in [9.17, 15) is 14.7 Å². The van der Waals surface area contributed by atoms with Crippen molar-refractivity contribution < 1.29 is 19.1 Å². The molecule has 2 aromatic carbocycles. The summed E-state index contributed by atoms with van der Waals surface area (Å²) < 4.78 is 5.83. The maximum Gasteiger partial charge on any atom is 0.336 e. The van der Waals surface area contributed by atoms with Crippen molar-refractivity contribution in [2.24, 2.45) is 4.99 Å². The lowest BCUT2D eigenvalue weighted by Gasteiger charge is -2.08. The minimum absolute atomic E-state index is 0.158. The molecule has 1 N–H and O–H groups in total. The van der Waals surface area contributed by atoms with Gasteiger partial charge in [0.15, 0.2) is 5.17 Å². The van der Waals surface area contributed by atoms with Crippen LogP contribution in [0.15, 0.2) is 75.0 Å². The number of carboxylic acid groups (broad SMARTS) is 1. The normalized spacial score (nSPS) is 16.5. The molecule has 1 saturated heterocycles. The van der Waals surface area contributed by atoms with Crippen molar-refractivity contribution in [3.05, 3.63) is 82.5 Å². The first-order chi connectivity index (χ1) is 15.0. The number of benzene rings is 2. The van der Waals surface area contributed by atoms with Crippen LogP contribution in [0, 0.1) is 0 Å². The summed E-state index contributed by atoms with van der Waals surface area (Å²) in [6, 6.07) is 17.9. The number of aliphatic imine (C=N–C) groups is 1. The molecule has 7 heteroatoms. The number of para-hydroxylation sites is 1. The highest BCUT2D eigenvalue weighted by Gasteiger charge is 2.31. The van der Waals surface area contributed by atoms with Crippen LogP contribution in [0.3, 0.4) is 0 Å². The van der Waals surface area contributed by atoms with Gasteiger partial charge in [-0.05, 0) is 48.0 Å². The van der Waals surface area contributed by atoms with Gasteiger partial charge in [0.05, 0.1) is 16.2 Å². The second kappa shape index (κ2) is 8.65. The summed E-state index contributed by atoms with van der Waals surface area (Å²) in [5.41, 5.74) is 2.60. The summed E-state index contributed by atoms with van der Waals surface area (Å²) in [7, 11) is 1.69. The van der Waals surface area contributed by atoms with Crippen LogP contribution >= 0.6 is 11.8 Å². The fraction of sp³-hybridized carbons (Fsp3) is 0.125. The van der Waals surface area contributed by atoms with Crippen molar-refractivity contribution in [3.8, 4) is 11.3 Å². The minimum Gasteiger partial charge on any atom is -0.478 e. The Morgan fingerprint density at radius 1 is 1.13 bits per heavy atom. The number of carboxylic acids is 1. The van der Waals surface area contributed by atoms with Gasteiger partial charge in [-0.15, -0.1) is 0 Å². The highest BCUT2D eigenvalue weighted by molar-refractivity contribution is 8.18. The molecule has 1 aromatic heterocycles. The SMILES string of the molecule is CCc1ccccc1N=C1S/C(=C/c2ccc(-c3ccccc3C(=O)O)o2)C(=O)N1C. The molecule has 1 amide bonds. The maximum absolute atomic E-state index is 12.7. The lowest BCUT2D eigenvalue weighted by atomic mass is 10.1. The number of hydrogen-bond donors (Lipinski definition) is 1. The number of hydrogen-bond acceptors (Lipinski definition) is 5. The van der Waals surface area contributed by atoms with E-state index in [2.05, 4.69) is 11.9 Å². The Morgan fingerprint density at radius 3 is 2.65 bits per heavy atom. The number of aryl methyl sites for hydroxylation is 1. The Balaban J connectivity index is 1.63. The van der Waals surface area contributed by atoms with E-state index in [4.69, 9.17) is 4.42 Å². The third-order valence-electron chi connectivity index (χ3n) is 4.92. The number of carbonyl (C=O) groups is 2. The number of furan rings is 1. The van der Waals surface area contributed by atoms with E-state index in [1.807, 2.05) is 24.3 Å². The predicted octanol–water partition coefficient (Wildman–Crippen LogP) is 5.44. The molecule has 3 aromatic rings. The van der Waals surface area contributed by atoms with Gasteiger partial charge in [0, 0.05) is 18.7 Å². The molecule has 0 spiro atoms. The van der Waals surface area contributed by atoms with Crippen molar-refractivity contribution in [2.75, 3.05) is 7.05 Å². The summed E-state index contributed by atoms with van der Waals surface area (Å²) >= 11 is 1.28. The molecule has 0 atom stereocenters. The first kappa shape index (κ1) is 20.7. The van der Waals surface area contributed by atoms with Gasteiger partial charge in [-0.25, -0.2) is 9.79 Å². The van der Waals surface area contributed by atoms with Gasteiger partial charge in [-0.3, -0.25) is 9.69 Å². The molecular formula is C24H20N2O4S. The molecule has 1 aliphatic heterocycles. The van der Waals surface area contributed by atoms with Gasteiger partial charge in [-0.2, -0.15) is 0 Å². The molecule has 1 fully saturated rings. The first-order valence-electron chi connectivity index (χ1n) is 9.74. The summed E-state index contributed by atoms with van der Waals surface area (Å²) in [6.07, 6.45) is 2.51. The van der Waals surface area contributed by atoms with Crippen LogP contribution in [0.1, 0.15) is 28.6 Å². The number of likely N-dealkylation sites (N-methyl/N-ethyl adjacent to an activating group) is 1. The van der Waals surface area contributed by atoms with E-state index in [1.54, 1.807) is 43.5 Å². The van der Waals surface area contributed by atoms with Crippen LogP contribution < -0.4 is 0 Å². The monoisotopic (exact) mass is 432 g/mol. The molecule has 2 heterocycles. The number of carbonyl (C=O) groups excluding carboxylic acids is 1. The van der Waals surface area contributed by atoms with Gasteiger partial charge >= 0.3 is 5.97 Å². The van der Waals surface area contributed by atoms with Gasteiger partial charge in [0.25, 0.3) is 5.91 Å². The number of thioether (sulfide) groups is 1. The summed E-state index contributed by atoms with van der Waals surface area (Å²) in [6.45, 7) is 2.07. The molecule has 4 rings (SSSR count). The number of rotatable bonds is 5. The third-order valence-corrected chi connectivity index (χ3v) is 5.98. The van der Waals surface area contributed by atoms with E-state index in [-0.39, 0.29) is 11.5 Å². The Labute approximate surface area is 183 Å². The minimum atomic E-state index is -1.02. The quantitative estimate of drug-likeness (QED) is 0.543. The highest BCUT2D eigenvalue weighted by Crippen LogP contribution is 2.35. The second-order valence-electron chi connectivity index (χ2n) is 6.90. The molecule has 1 aliphatic rings. The van der Waals surface area contributed by atoms with Crippen LogP contribution in [0.25, 0.3) is 17.4 Å². The number of amides is 1. The van der Waals surface area contributed by atoms with E-state index >= 15 is 0 Å². The van der Waals surface area contributed by atoms with E-state index in [1.165, 1.54) is 22.7 Å². The van der Waals surface area contributed by atoms with Crippen molar-refractivity contribution in [2.45, 2.75) is 13.3 Å². The smallest absolute Gasteiger partial charge is 0.336 e. The standard InChI is InChI=1S/C24H20N2O4S/c1-3-15-8-4-7-11-19(15)25-24-26(2)22(27)21(31-24)14-16-12-13-20(30-16)17-9-5-6-10-18(17)23(28)29/h4-14H,3H2,1-2H3,(H,28,29)/b21-14+,25-24?. The van der Waals surface area contributed by atoms with Crippen LogP contribution in [-0.4, -0.2) is 34.1 Å². The summed E-state index contributed by atoms with van der Waals surface area (Å²) in [5, 5.41) is 9.99. The molecular weight excluding hydrogens is 412 g/mol. The second-order valence-corrected chi connectivity index (χ2v) is 7.91. The van der Waals surface area contributed by atoms with E-state index in [0.29, 0.717) is 27.2 Å². The third kappa shape index (κ3) is 4.18. The Bertz CT molecular complexity index is 1230. The Hall–Kier alpha value is -3.58.